The first-order valence-electron chi connectivity index (χ1n) is 7.51. The average Bonchev–Trinajstić information content (AvgIpc) is 3.00. The maximum Gasteiger partial charge on any atom is 0.337 e. The van der Waals surface area contributed by atoms with Crippen LogP contribution in [0.4, 0.5) is 5.69 Å². The number of primary sulfonamides is 1. The van der Waals surface area contributed by atoms with Gasteiger partial charge < -0.3 is 10.8 Å². The fourth-order valence-electron chi connectivity index (χ4n) is 2.65. The molecule has 5 N–H and O–H groups in total. The second kappa shape index (κ2) is 7.09. The third-order valence-electron chi connectivity index (χ3n) is 3.94. The van der Waals surface area contributed by atoms with Gasteiger partial charge in [-0.2, -0.15) is 0 Å². The molecule has 28 heavy (non-hydrogen) atoms. The third kappa shape index (κ3) is 3.33. The number of hydrogen-bond acceptors (Lipinski definition) is 7. The zero-order valence-electron chi connectivity index (χ0n) is 14.2. The lowest BCUT2D eigenvalue weighted by Crippen LogP contribution is -2.17. The van der Waals surface area contributed by atoms with Crippen molar-refractivity contribution in [1.82, 2.24) is 9.55 Å². The summed E-state index contributed by atoms with van der Waals surface area (Å²) in [6.07, 6.45) is 1.68. The molecule has 0 saturated carbocycles. The van der Waals surface area contributed by atoms with E-state index in [1.165, 1.54) is 28.8 Å². The van der Waals surface area contributed by atoms with Crippen LogP contribution in [-0.2, 0) is 10.0 Å². The standard InChI is InChI=1S/C16H13ClN4O5S2/c1-27-16-20-13-10(5-3-8(12(13)18)15(23)24)21(16)14(22)7-2-4-9(17)11(6-7)28(19,25)26/h2-6H,18H2,1H3,(H,23,24)(H2,19,25,26). The van der Waals surface area contributed by atoms with E-state index in [0.717, 1.165) is 17.8 Å². The van der Waals surface area contributed by atoms with E-state index in [0.29, 0.717) is 0 Å². The molecule has 2 aromatic carbocycles. The number of imidazole rings is 1. The third-order valence-corrected chi connectivity index (χ3v) is 5.97. The average molecular weight is 441 g/mol. The van der Waals surface area contributed by atoms with Crippen LogP contribution in [0.15, 0.2) is 40.4 Å². The van der Waals surface area contributed by atoms with Crippen molar-refractivity contribution in [1.29, 1.82) is 0 Å². The summed E-state index contributed by atoms with van der Waals surface area (Å²) in [4.78, 5) is 28.2. The number of nitrogens with zero attached hydrogens (tertiary/aromatic N) is 2. The van der Waals surface area contributed by atoms with E-state index < -0.39 is 21.9 Å². The van der Waals surface area contributed by atoms with E-state index in [4.69, 9.17) is 22.5 Å². The molecule has 0 radical (unpaired) electrons. The van der Waals surface area contributed by atoms with Crippen LogP contribution in [-0.4, -0.2) is 41.2 Å². The second-order valence-corrected chi connectivity index (χ2v) is 8.34. The van der Waals surface area contributed by atoms with Crippen LogP contribution in [0, 0.1) is 0 Å². The lowest BCUT2D eigenvalue weighted by molar-refractivity contribution is 0.0698. The van der Waals surface area contributed by atoms with Gasteiger partial charge in [0.25, 0.3) is 5.91 Å². The minimum atomic E-state index is -4.14. The van der Waals surface area contributed by atoms with Gasteiger partial charge >= 0.3 is 5.97 Å². The zero-order valence-corrected chi connectivity index (χ0v) is 16.6. The minimum Gasteiger partial charge on any atom is -0.478 e. The number of carbonyl (C=O) groups is 2. The molecule has 0 spiro atoms. The maximum absolute atomic E-state index is 13.1. The highest BCUT2D eigenvalue weighted by Crippen LogP contribution is 2.30. The molecule has 1 heterocycles. The van der Waals surface area contributed by atoms with E-state index >= 15 is 0 Å². The van der Waals surface area contributed by atoms with Gasteiger partial charge in [0, 0.05) is 5.56 Å². The highest BCUT2D eigenvalue weighted by atomic mass is 35.5. The number of carbonyl (C=O) groups excluding carboxylic acids is 1. The molecule has 0 fully saturated rings. The number of fused-ring (bicyclic) bond motifs is 1. The van der Waals surface area contributed by atoms with Gasteiger partial charge in [-0.25, -0.2) is 23.3 Å². The number of halogens is 1. The van der Waals surface area contributed by atoms with Crippen molar-refractivity contribution in [3.8, 4) is 0 Å². The van der Waals surface area contributed by atoms with Gasteiger partial charge in [0.1, 0.15) is 10.4 Å². The van der Waals surface area contributed by atoms with Gasteiger partial charge in [-0.05, 0) is 36.6 Å². The summed E-state index contributed by atoms with van der Waals surface area (Å²) in [7, 11) is -4.14. The molecule has 3 rings (SSSR count). The van der Waals surface area contributed by atoms with Crippen LogP contribution in [0.25, 0.3) is 11.0 Å². The Morgan fingerprint density at radius 1 is 1.25 bits per heavy atom. The molecule has 0 saturated heterocycles. The number of rotatable bonds is 4. The number of hydrogen-bond donors (Lipinski definition) is 3. The highest BCUT2D eigenvalue weighted by Gasteiger charge is 2.23. The van der Waals surface area contributed by atoms with E-state index in [1.807, 2.05) is 0 Å². The number of carboxylic acid groups (broad SMARTS) is 1. The number of aromatic carboxylic acids is 1. The lowest BCUT2D eigenvalue weighted by Gasteiger charge is -2.09. The van der Waals surface area contributed by atoms with Gasteiger partial charge in [-0.15, -0.1) is 0 Å². The molecule has 3 aromatic rings. The fourth-order valence-corrected chi connectivity index (χ4v) is 4.26. The summed E-state index contributed by atoms with van der Waals surface area (Å²) in [6.45, 7) is 0. The number of benzene rings is 2. The summed E-state index contributed by atoms with van der Waals surface area (Å²) in [6, 6.07) is 6.36. The highest BCUT2D eigenvalue weighted by molar-refractivity contribution is 7.98. The Kier molecular flexibility index (Phi) is 5.10. The van der Waals surface area contributed by atoms with Crippen LogP contribution in [0.3, 0.4) is 0 Å². The van der Waals surface area contributed by atoms with Crippen LogP contribution in [0.2, 0.25) is 5.02 Å². The van der Waals surface area contributed by atoms with Crippen LogP contribution in [0.5, 0.6) is 0 Å². The normalized spacial score (nSPS) is 11.7. The van der Waals surface area contributed by atoms with Crippen LogP contribution in [0.1, 0.15) is 20.7 Å². The van der Waals surface area contributed by atoms with E-state index in [-0.39, 0.29) is 42.9 Å². The molecular weight excluding hydrogens is 428 g/mol. The summed E-state index contributed by atoms with van der Waals surface area (Å²) in [5.74, 6) is -1.82. The van der Waals surface area contributed by atoms with Gasteiger partial charge in [-0.3, -0.25) is 9.36 Å². The number of nitrogen functional groups attached to an aromatic ring is 1. The molecule has 1 aromatic heterocycles. The molecular formula is C16H13ClN4O5S2. The van der Waals surface area contributed by atoms with Crippen molar-refractivity contribution >= 4 is 62.0 Å². The fraction of sp³-hybridized carbons (Fsp3) is 0.0625. The van der Waals surface area contributed by atoms with Crippen molar-refractivity contribution in [3.63, 3.8) is 0 Å². The lowest BCUT2D eigenvalue weighted by atomic mass is 10.1. The van der Waals surface area contributed by atoms with Crippen molar-refractivity contribution < 1.29 is 23.1 Å². The van der Waals surface area contributed by atoms with Crippen molar-refractivity contribution in [2.45, 2.75) is 10.1 Å². The van der Waals surface area contributed by atoms with Gasteiger partial charge in [0.05, 0.1) is 21.8 Å². The predicted octanol–water partition coefficient (Wildman–Crippen LogP) is 2.03. The molecule has 0 bridgehead atoms. The molecule has 0 aliphatic rings. The molecule has 146 valence electrons. The first-order valence-corrected chi connectivity index (χ1v) is 10.7. The Bertz CT molecular complexity index is 1250. The van der Waals surface area contributed by atoms with E-state index in [1.54, 1.807) is 6.26 Å². The Morgan fingerprint density at radius 2 is 1.93 bits per heavy atom. The van der Waals surface area contributed by atoms with Gasteiger partial charge in [0.15, 0.2) is 5.16 Å². The van der Waals surface area contributed by atoms with Gasteiger partial charge in [0.2, 0.25) is 10.0 Å². The van der Waals surface area contributed by atoms with Crippen LogP contribution >= 0.6 is 23.4 Å². The molecule has 12 heteroatoms. The number of nitrogens with two attached hydrogens (primary N) is 2. The van der Waals surface area contributed by atoms with Crippen molar-refractivity contribution in [2.24, 2.45) is 5.14 Å². The number of sulfonamides is 1. The van der Waals surface area contributed by atoms with Gasteiger partial charge in [-0.1, -0.05) is 23.4 Å². The summed E-state index contributed by atoms with van der Waals surface area (Å²) < 4.78 is 24.6. The minimum absolute atomic E-state index is 0.00362. The SMILES string of the molecule is CSc1nc2c(N)c(C(=O)O)ccc2n1C(=O)c1ccc(Cl)c(S(N)(=O)=O)c1. The second-order valence-electron chi connectivity index (χ2n) is 5.63. The monoisotopic (exact) mass is 440 g/mol. The Labute approximate surface area is 168 Å². The van der Waals surface area contributed by atoms with Crippen molar-refractivity contribution in [2.75, 3.05) is 12.0 Å². The molecule has 0 unspecified atom stereocenters. The predicted molar refractivity (Wildman–Crippen MR) is 105 cm³/mol. The first-order chi connectivity index (χ1) is 13.1. The summed E-state index contributed by atoms with van der Waals surface area (Å²) in [5, 5.41) is 14.5. The zero-order chi connectivity index (χ0) is 20.8. The molecule has 0 amide bonds. The molecule has 0 aliphatic heterocycles. The quantitative estimate of drug-likeness (QED) is 0.410. The number of aromatic nitrogens is 2. The first kappa shape index (κ1) is 20.1. The van der Waals surface area contributed by atoms with E-state index in [9.17, 15) is 23.1 Å². The Hall–Kier alpha value is -2.60. The maximum atomic E-state index is 13.1. The van der Waals surface area contributed by atoms with E-state index in [2.05, 4.69) is 4.98 Å². The molecule has 0 aliphatic carbocycles. The van der Waals surface area contributed by atoms with Crippen LogP contribution < -0.4 is 10.9 Å². The summed E-state index contributed by atoms with van der Waals surface area (Å²) >= 11 is 7.01. The largest absolute Gasteiger partial charge is 0.478 e. The molecule has 9 nitrogen and oxygen atoms in total. The molecule has 0 atom stereocenters. The Balaban J connectivity index is 2.25. The summed E-state index contributed by atoms with van der Waals surface area (Å²) in [5.41, 5.74) is 6.13. The number of carboxylic acids is 1. The van der Waals surface area contributed by atoms with Crippen molar-refractivity contribution in [3.05, 3.63) is 46.5 Å². The number of thioether (sulfide) groups is 1. The topological polar surface area (TPSA) is 158 Å². The smallest absolute Gasteiger partial charge is 0.337 e. The Morgan fingerprint density at radius 3 is 2.50 bits per heavy atom. The number of anilines is 1.